The zero-order valence-corrected chi connectivity index (χ0v) is 16.2. The van der Waals surface area contributed by atoms with Crippen LogP contribution < -0.4 is 10.6 Å². The van der Waals surface area contributed by atoms with Crippen molar-refractivity contribution in [3.8, 4) is 0 Å². The molecule has 0 radical (unpaired) electrons. The molecule has 2 N–H and O–H groups in total. The zero-order valence-electron chi connectivity index (χ0n) is 16.2. The van der Waals surface area contributed by atoms with Crippen LogP contribution in [0.5, 0.6) is 0 Å². The van der Waals surface area contributed by atoms with Gasteiger partial charge in [-0.05, 0) is 43.5 Å². The van der Waals surface area contributed by atoms with Crippen molar-refractivity contribution in [3.63, 3.8) is 0 Å². The van der Waals surface area contributed by atoms with Crippen molar-refractivity contribution in [1.29, 1.82) is 0 Å². The minimum Gasteiger partial charge on any atom is -0.467 e. The largest absolute Gasteiger partial charge is 0.467 e. The van der Waals surface area contributed by atoms with Gasteiger partial charge in [-0.15, -0.1) is 0 Å². The second-order valence-corrected chi connectivity index (χ2v) is 7.25. The van der Waals surface area contributed by atoms with E-state index in [1.807, 2.05) is 12.1 Å². The summed E-state index contributed by atoms with van der Waals surface area (Å²) in [5.41, 5.74) is 0. The third-order valence-electron chi connectivity index (χ3n) is 5.00. The van der Waals surface area contributed by atoms with Crippen LogP contribution in [0, 0.1) is 0 Å². The van der Waals surface area contributed by atoms with Gasteiger partial charge in [0.05, 0.1) is 25.6 Å². The van der Waals surface area contributed by atoms with E-state index in [0.717, 1.165) is 24.4 Å². The lowest BCUT2D eigenvalue weighted by Gasteiger charge is -2.23. The van der Waals surface area contributed by atoms with Crippen molar-refractivity contribution in [2.75, 3.05) is 6.54 Å². The molecule has 0 bridgehead atoms. The van der Waals surface area contributed by atoms with Crippen LogP contribution in [0.15, 0.2) is 45.6 Å². The predicted molar refractivity (Wildman–Crippen MR) is 104 cm³/mol. The smallest absolute Gasteiger partial charge is 0.315 e. The van der Waals surface area contributed by atoms with Gasteiger partial charge in [0, 0.05) is 19.0 Å². The van der Waals surface area contributed by atoms with Gasteiger partial charge in [-0.25, -0.2) is 4.79 Å². The van der Waals surface area contributed by atoms with Crippen LogP contribution >= 0.6 is 0 Å². The number of carbonyl (C=O) groups excluding carboxylic acids is 2. The van der Waals surface area contributed by atoms with E-state index in [2.05, 4.69) is 10.6 Å². The van der Waals surface area contributed by atoms with Crippen LogP contribution in [-0.4, -0.2) is 29.4 Å². The first-order valence-electron chi connectivity index (χ1n) is 10.1. The van der Waals surface area contributed by atoms with Gasteiger partial charge in [-0.1, -0.05) is 19.3 Å². The molecule has 1 aliphatic carbocycles. The molecule has 28 heavy (non-hydrogen) atoms. The summed E-state index contributed by atoms with van der Waals surface area (Å²) >= 11 is 0. The first kappa shape index (κ1) is 20.0. The maximum atomic E-state index is 12.7. The van der Waals surface area contributed by atoms with Crippen LogP contribution in [0.4, 0.5) is 4.79 Å². The van der Waals surface area contributed by atoms with Gasteiger partial charge >= 0.3 is 6.03 Å². The lowest BCUT2D eigenvalue weighted by Crippen LogP contribution is -2.43. The molecule has 1 aliphatic rings. The summed E-state index contributed by atoms with van der Waals surface area (Å²) in [5, 5.41) is 5.88. The summed E-state index contributed by atoms with van der Waals surface area (Å²) in [4.78, 5) is 26.4. The van der Waals surface area contributed by atoms with Crippen LogP contribution in [0.2, 0.25) is 0 Å². The predicted octanol–water partition coefficient (Wildman–Crippen LogP) is 3.81. The Hall–Kier alpha value is -2.70. The molecule has 7 heteroatoms. The number of nitrogens with one attached hydrogen (secondary N) is 2. The highest BCUT2D eigenvalue weighted by molar-refractivity contribution is 5.76. The maximum Gasteiger partial charge on any atom is 0.315 e. The van der Waals surface area contributed by atoms with E-state index in [0.29, 0.717) is 32.5 Å². The third kappa shape index (κ3) is 6.48. The fourth-order valence-corrected chi connectivity index (χ4v) is 3.50. The lowest BCUT2D eigenvalue weighted by atomic mass is 9.96. The molecule has 0 atom stereocenters. The molecule has 0 spiro atoms. The van der Waals surface area contributed by atoms with Crippen molar-refractivity contribution >= 4 is 11.9 Å². The van der Waals surface area contributed by atoms with Gasteiger partial charge in [0.1, 0.15) is 11.5 Å². The van der Waals surface area contributed by atoms with Gasteiger partial charge in [0.2, 0.25) is 5.91 Å². The number of hydrogen-bond donors (Lipinski definition) is 2. The quantitative estimate of drug-likeness (QED) is 0.641. The molecule has 7 nitrogen and oxygen atoms in total. The Morgan fingerprint density at radius 3 is 2.21 bits per heavy atom. The fraction of sp³-hybridized carbons (Fsp3) is 0.524. The first-order valence-corrected chi connectivity index (χ1v) is 10.1. The highest BCUT2D eigenvalue weighted by Crippen LogP contribution is 2.17. The van der Waals surface area contributed by atoms with E-state index in [4.69, 9.17) is 8.83 Å². The van der Waals surface area contributed by atoms with E-state index in [-0.39, 0.29) is 18.0 Å². The summed E-state index contributed by atoms with van der Waals surface area (Å²) < 4.78 is 10.7. The average molecular weight is 387 g/mol. The van der Waals surface area contributed by atoms with Crippen molar-refractivity contribution in [2.45, 2.75) is 64.1 Å². The Labute approximate surface area is 165 Å². The molecule has 0 aromatic carbocycles. The molecule has 3 amide bonds. The Kier molecular flexibility index (Phi) is 7.58. The SMILES string of the molecule is O=C(NCCCC(=O)N(Cc1ccco1)Cc1ccco1)NC1CCCCC1. The van der Waals surface area contributed by atoms with Crippen molar-refractivity contribution in [2.24, 2.45) is 0 Å². The van der Waals surface area contributed by atoms with E-state index in [1.54, 1.807) is 29.6 Å². The van der Waals surface area contributed by atoms with Crippen LogP contribution in [0.1, 0.15) is 56.5 Å². The Morgan fingerprint density at radius 2 is 1.64 bits per heavy atom. The van der Waals surface area contributed by atoms with Crippen LogP contribution in [0.3, 0.4) is 0 Å². The molecule has 2 aromatic heterocycles. The number of carbonyl (C=O) groups is 2. The molecular formula is C21H29N3O4. The summed E-state index contributed by atoms with van der Waals surface area (Å²) in [6.45, 7) is 1.25. The molecule has 1 saturated carbocycles. The minimum absolute atomic E-state index is 0.00212. The maximum absolute atomic E-state index is 12.7. The summed E-state index contributed by atoms with van der Waals surface area (Å²) in [5.74, 6) is 1.46. The van der Waals surface area contributed by atoms with Gasteiger partial charge in [0.15, 0.2) is 0 Å². The molecule has 3 rings (SSSR count). The van der Waals surface area contributed by atoms with Gasteiger partial charge in [0.25, 0.3) is 0 Å². The first-order chi connectivity index (χ1) is 13.7. The Balaban J connectivity index is 1.40. The number of hydrogen-bond acceptors (Lipinski definition) is 4. The molecule has 2 heterocycles. The standard InChI is InChI=1S/C21H29N3O4/c25-20(11-4-12-22-21(26)23-17-7-2-1-3-8-17)24(15-18-9-5-13-27-18)16-19-10-6-14-28-19/h5-6,9-10,13-14,17H,1-4,7-8,11-12,15-16H2,(H2,22,23,26). The molecule has 2 aromatic rings. The van der Waals surface area contributed by atoms with Crippen molar-refractivity contribution in [3.05, 3.63) is 48.3 Å². The normalized spacial score (nSPS) is 14.6. The van der Waals surface area contributed by atoms with Crippen LogP contribution in [-0.2, 0) is 17.9 Å². The van der Waals surface area contributed by atoms with E-state index in [1.165, 1.54) is 19.3 Å². The zero-order chi connectivity index (χ0) is 19.6. The van der Waals surface area contributed by atoms with Gasteiger partial charge < -0.3 is 24.4 Å². The fourth-order valence-electron chi connectivity index (χ4n) is 3.50. The third-order valence-corrected chi connectivity index (χ3v) is 5.00. The number of amides is 3. The van der Waals surface area contributed by atoms with Gasteiger partial charge in [-0.3, -0.25) is 4.79 Å². The van der Waals surface area contributed by atoms with Crippen molar-refractivity contribution in [1.82, 2.24) is 15.5 Å². The monoisotopic (exact) mass is 387 g/mol. The highest BCUT2D eigenvalue weighted by atomic mass is 16.3. The Morgan fingerprint density at radius 1 is 1.00 bits per heavy atom. The van der Waals surface area contributed by atoms with E-state index < -0.39 is 0 Å². The average Bonchev–Trinajstić information content (AvgIpc) is 3.39. The molecule has 152 valence electrons. The Bertz CT molecular complexity index is 670. The second kappa shape index (κ2) is 10.6. The summed E-state index contributed by atoms with van der Waals surface area (Å²) in [7, 11) is 0. The number of furan rings is 2. The molecule has 0 unspecified atom stereocenters. The summed E-state index contributed by atoms with van der Waals surface area (Å²) in [6, 6.07) is 7.45. The molecular weight excluding hydrogens is 358 g/mol. The minimum atomic E-state index is -0.137. The summed E-state index contributed by atoms with van der Waals surface area (Å²) in [6.07, 6.45) is 9.87. The van der Waals surface area contributed by atoms with Crippen molar-refractivity contribution < 1.29 is 18.4 Å². The number of nitrogens with zero attached hydrogens (tertiary/aromatic N) is 1. The molecule has 1 fully saturated rings. The van der Waals surface area contributed by atoms with Crippen LogP contribution in [0.25, 0.3) is 0 Å². The second-order valence-electron chi connectivity index (χ2n) is 7.25. The van der Waals surface area contributed by atoms with E-state index in [9.17, 15) is 9.59 Å². The number of rotatable bonds is 9. The molecule has 0 aliphatic heterocycles. The van der Waals surface area contributed by atoms with E-state index >= 15 is 0 Å². The number of urea groups is 1. The van der Waals surface area contributed by atoms with Gasteiger partial charge in [-0.2, -0.15) is 0 Å². The topological polar surface area (TPSA) is 87.7 Å². The lowest BCUT2D eigenvalue weighted by molar-refractivity contribution is -0.133. The molecule has 0 saturated heterocycles. The highest BCUT2D eigenvalue weighted by Gasteiger charge is 2.18.